The second kappa shape index (κ2) is 7.23. The quantitative estimate of drug-likeness (QED) is 0.547. The van der Waals surface area contributed by atoms with E-state index in [0.29, 0.717) is 20.4 Å². The molecule has 124 valence electrons. The number of carbonyl (C=O) groups is 1. The van der Waals surface area contributed by atoms with Crippen LogP contribution < -0.4 is 14.9 Å². The number of rotatable bonds is 4. The molecule has 24 heavy (non-hydrogen) atoms. The van der Waals surface area contributed by atoms with Crippen molar-refractivity contribution in [3.8, 4) is 17.2 Å². The lowest BCUT2D eigenvalue weighted by Gasteiger charge is -2.03. The van der Waals surface area contributed by atoms with E-state index in [4.69, 9.17) is 9.47 Å². The van der Waals surface area contributed by atoms with Crippen molar-refractivity contribution in [2.24, 2.45) is 5.10 Å². The zero-order chi connectivity index (χ0) is 17.1. The van der Waals surface area contributed by atoms with Gasteiger partial charge in [0.25, 0.3) is 0 Å². The molecule has 0 atom stereocenters. The van der Waals surface area contributed by atoms with Gasteiger partial charge in [0.05, 0.1) is 21.6 Å². The molecule has 0 bridgehead atoms. The molecular formula is C16H12Br2N2O4. The van der Waals surface area contributed by atoms with Crippen molar-refractivity contribution in [2.45, 2.75) is 6.42 Å². The molecule has 2 aromatic carbocycles. The summed E-state index contributed by atoms with van der Waals surface area (Å²) in [4.78, 5) is 11.9. The zero-order valence-corrected chi connectivity index (χ0v) is 15.4. The van der Waals surface area contributed by atoms with E-state index in [2.05, 4.69) is 42.4 Å². The van der Waals surface area contributed by atoms with Crippen LogP contribution in [0, 0.1) is 0 Å². The van der Waals surface area contributed by atoms with Crippen LogP contribution in [0.25, 0.3) is 0 Å². The molecule has 1 heterocycles. The first-order chi connectivity index (χ1) is 11.5. The Morgan fingerprint density at radius 1 is 1.21 bits per heavy atom. The summed E-state index contributed by atoms with van der Waals surface area (Å²) in [6.07, 6.45) is 1.67. The molecule has 0 aromatic heterocycles. The van der Waals surface area contributed by atoms with Gasteiger partial charge in [-0.15, -0.1) is 0 Å². The number of benzene rings is 2. The van der Waals surface area contributed by atoms with Gasteiger partial charge in [-0.1, -0.05) is 6.07 Å². The first-order valence-corrected chi connectivity index (χ1v) is 8.50. The lowest BCUT2D eigenvalue weighted by molar-refractivity contribution is -0.120. The van der Waals surface area contributed by atoms with Crippen molar-refractivity contribution in [1.29, 1.82) is 0 Å². The van der Waals surface area contributed by atoms with Gasteiger partial charge in [0.15, 0.2) is 11.5 Å². The molecule has 2 N–H and O–H groups in total. The van der Waals surface area contributed by atoms with E-state index in [1.165, 1.54) is 6.21 Å². The first-order valence-electron chi connectivity index (χ1n) is 6.91. The molecule has 3 rings (SSSR count). The summed E-state index contributed by atoms with van der Waals surface area (Å²) in [7, 11) is 0. The molecule has 0 unspecified atom stereocenters. The number of amides is 1. The number of halogens is 2. The molecule has 0 radical (unpaired) electrons. The number of hydrogen-bond acceptors (Lipinski definition) is 5. The number of fused-ring (bicyclic) bond motifs is 1. The number of phenols is 1. The fourth-order valence-electron chi connectivity index (χ4n) is 2.11. The third-order valence-corrected chi connectivity index (χ3v) is 4.45. The fourth-order valence-corrected chi connectivity index (χ4v) is 3.34. The number of phenolic OH excluding ortho intramolecular Hbond substituents is 1. The van der Waals surface area contributed by atoms with Crippen LogP contribution in [0.4, 0.5) is 0 Å². The van der Waals surface area contributed by atoms with Gasteiger partial charge < -0.3 is 14.6 Å². The number of hydrazone groups is 1. The average Bonchev–Trinajstić information content (AvgIpc) is 3.00. The Bertz CT molecular complexity index is 801. The second-order valence-electron chi connectivity index (χ2n) is 4.99. The zero-order valence-electron chi connectivity index (χ0n) is 12.3. The Morgan fingerprint density at radius 2 is 1.92 bits per heavy atom. The molecule has 1 aliphatic rings. The SMILES string of the molecule is O=C(Cc1ccc2c(c1)OCO2)N/N=C\c1cc(Br)c(O)c(Br)c1. The predicted octanol–water partition coefficient (Wildman–Crippen LogP) is 3.34. The molecule has 2 aromatic rings. The van der Waals surface area contributed by atoms with Gasteiger partial charge in [-0.05, 0) is 67.3 Å². The summed E-state index contributed by atoms with van der Waals surface area (Å²) in [6.45, 7) is 0.201. The summed E-state index contributed by atoms with van der Waals surface area (Å²) < 4.78 is 11.6. The first kappa shape index (κ1) is 16.8. The Kier molecular flexibility index (Phi) is 5.06. The van der Waals surface area contributed by atoms with Crippen LogP contribution in [0.5, 0.6) is 17.2 Å². The van der Waals surface area contributed by atoms with Crippen molar-refractivity contribution in [3.05, 3.63) is 50.4 Å². The monoisotopic (exact) mass is 454 g/mol. The lowest BCUT2D eigenvalue weighted by atomic mass is 10.1. The smallest absolute Gasteiger partial charge is 0.244 e. The summed E-state index contributed by atoms with van der Waals surface area (Å²) >= 11 is 6.47. The van der Waals surface area contributed by atoms with E-state index in [1.807, 2.05) is 6.07 Å². The van der Waals surface area contributed by atoms with Crippen molar-refractivity contribution in [1.82, 2.24) is 5.43 Å². The van der Waals surface area contributed by atoms with E-state index in [-0.39, 0.29) is 24.9 Å². The van der Waals surface area contributed by atoms with Crippen molar-refractivity contribution < 1.29 is 19.4 Å². The van der Waals surface area contributed by atoms with Gasteiger partial charge in [-0.25, -0.2) is 5.43 Å². The molecule has 0 aliphatic carbocycles. The highest BCUT2D eigenvalue weighted by Gasteiger charge is 2.14. The van der Waals surface area contributed by atoms with Crippen LogP contribution in [0.2, 0.25) is 0 Å². The summed E-state index contributed by atoms with van der Waals surface area (Å²) in [6, 6.07) is 8.74. The molecule has 0 saturated carbocycles. The van der Waals surface area contributed by atoms with Gasteiger partial charge in [-0.3, -0.25) is 4.79 Å². The average molecular weight is 456 g/mol. The van der Waals surface area contributed by atoms with Gasteiger partial charge >= 0.3 is 0 Å². The molecule has 1 amide bonds. The minimum absolute atomic E-state index is 0.110. The van der Waals surface area contributed by atoms with Gasteiger partial charge in [0, 0.05) is 0 Å². The van der Waals surface area contributed by atoms with Crippen LogP contribution in [0.15, 0.2) is 44.4 Å². The highest BCUT2D eigenvalue weighted by Crippen LogP contribution is 2.33. The number of carbonyl (C=O) groups excluding carboxylic acids is 1. The molecular weight excluding hydrogens is 444 g/mol. The highest BCUT2D eigenvalue weighted by atomic mass is 79.9. The van der Waals surface area contributed by atoms with Crippen molar-refractivity contribution in [2.75, 3.05) is 6.79 Å². The Morgan fingerprint density at radius 3 is 2.67 bits per heavy atom. The van der Waals surface area contributed by atoms with E-state index < -0.39 is 0 Å². The number of nitrogens with one attached hydrogen (secondary N) is 1. The maximum atomic E-state index is 11.9. The predicted molar refractivity (Wildman–Crippen MR) is 95.5 cm³/mol. The van der Waals surface area contributed by atoms with Crippen molar-refractivity contribution in [3.63, 3.8) is 0 Å². The largest absolute Gasteiger partial charge is 0.506 e. The van der Waals surface area contributed by atoms with Crippen molar-refractivity contribution >= 4 is 44.0 Å². The normalized spacial score (nSPS) is 12.6. The highest BCUT2D eigenvalue weighted by molar-refractivity contribution is 9.11. The number of hydrogen-bond donors (Lipinski definition) is 2. The molecule has 0 fully saturated rings. The van der Waals surface area contributed by atoms with E-state index in [0.717, 1.165) is 11.1 Å². The maximum absolute atomic E-state index is 11.9. The van der Waals surface area contributed by atoms with Crippen LogP contribution >= 0.6 is 31.9 Å². The minimum Gasteiger partial charge on any atom is -0.506 e. The third-order valence-electron chi connectivity index (χ3n) is 3.24. The summed E-state index contributed by atoms with van der Waals surface area (Å²) in [5.41, 5.74) is 3.99. The van der Waals surface area contributed by atoms with Gasteiger partial charge in [-0.2, -0.15) is 5.10 Å². The maximum Gasteiger partial charge on any atom is 0.244 e. The number of ether oxygens (including phenoxy) is 2. The second-order valence-corrected chi connectivity index (χ2v) is 6.70. The van der Waals surface area contributed by atoms with Gasteiger partial charge in [0.2, 0.25) is 12.7 Å². The fraction of sp³-hybridized carbons (Fsp3) is 0.125. The topological polar surface area (TPSA) is 80.2 Å². The van der Waals surface area contributed by atoms with E-state index in [9.17, 15) is 9.90 Å². The van der Waals surface area contributed by atoms with Crippen LogP contribution in [0.3, 0.4) is 0 Å². The Balaban J connectivity index is 1.59. The molecule has 0 spiro atoms. The third kappa shape index (κ3) is 3.88. The number of nitrogens with zero attached hydrogens (tertiary/aromatic N) is 1. The van der Waals surface area contributed by atoms with Crippen LogP contribution in [-0.4, -0.2) is 24.0 Å². The number of aromatic hydroxyl groups is 1. The van der Waals surface area contributed by atoms with Gasteiger partial charge in [0.1, 0.15) is 5.75 Å². The van der Waals surface area contributed by atoms with E-state index >= 15 is 0 Å². The van der Waals surface area contributed by atoms with E-state index in [1.54, 1.807) is 24.3 Å². The molecule has 6 nitrogen and oxygen atoms in total. The standard InChI is InChI=1S/C16H12Br2N2O4/c17-11-3-10(4-12(18)16(11)22)7-19-20-15(21)6-9-1-2-13-14(5-9)24-8-23-13/h1-5,7,22H,6,8H2,(H,20,21)/b19-7-. The summed E-state index contributed by atoms with van der Waals surface area (Å²) in [5.74, 6) is 1.18. The summed E-state index contributed by atoms with van der Waals surface area (Å²) in [5, 5.41) is 13.6. The molecule has 1 aliphatic heterocycles. The Hall–Kier alpha value is -2.06. The molecule has 0 saturated heterocycles. The van der Waals surface area contributed by atoms with Crippen LogP contribution in [-0.2, 0) is 11.2 Å². The lowest BCUT2D eigenvalue weighted by Crippen LogP contribution is -2.19. The van der Waals surface area contributed by atoms with Crippen LogP contribution in [0.1, 0.15) is 11.1 Å². The Labute approximate surface area is 154 Å². The molecule has 8 heteroatoms. The minimum atomic E-state index is -0.248.